The first-order valence-electron chi connectivity index (χ1n) is 9.60. The van der Waals surface area contributed by atoms with Crippen molar-refractivity contribution in [1.82, 2.24) is 14.9 Å². The lowest BCUT2D eigenvalue weighted by Crippen LogP contribution is -2.31. The fraction of sp³-hybridized carbons (Fsp3) is 0.550. The Morgan fingerprint density at radius 3 is 2.61 bits per heavy atom. The van der Waals surface area contributed by atoms with E-state index in [9.17, 15) is 0 Å². The van der Waals surface area contributed by atoms with Crippen LogP contribution in [0.2, 0.25) is 0 Å². The van der Waals surface area contributed by atoms with Crippen LogP contribution in [-0.2, 0) is 13.0 Å². The lowest BCUT2D eigenvalue weighted by Gasteiger charge is -2.26. The second-order valence-electron chi connectivity index (χ2n) is 7.10. The number of fused-ring (bicyclic) bond motifs is 1. The molecule has 5 nitrogen and oxygen atoms in total. The zero-order chi connectivity index (χ0) is 16.9. The number of benzene rings is 1. The predicted molar refractivity (Wildman–Crippen MR) is 122 cm³/mol. The SMILES string of the molecule is Cl.Cl.Cl.c1c[nH]c(CN2CCc3cc(OCCCN4CCCCC4)ccc32)n1. The van der Waals surface area contributed by atoms with Gasteiger partial charge in [0.1, 0.15) is 11.6 Å². The molecule has 2 aromatic rings. The smallest absolute Gasteiger partial charge is 0.125 e. The zero-order valence-corrected chi connectivity index (χ0v) is 18.6. The van der Waals surface area contributed by atoms with Gasteiger partial charge in [0.25, 0.3) is 0 Å². The average molecular weight is 450 g/mol. The van der Waals surface area contributed by atoms with Crippen LogP contribution in [0.4, 0.5) is 5.69 Å². The number of aromatic amines is 1. The van der Waals surface area contributed by atoms with Crippen molar-refractivity contribution in [3.8, 4) is 5.75 Å². The molecule has 0 atom stereocenters. The van der Waals surface area contributed by atoms with Gasteiger partial charge in [-0.15, -0.1) is 37.2 Å². The highest BCUT2D eigenvalue weighted by molar-refractivity contribution is 5.86. The zero-order valence-electron chi connectivity index (χ0n) is 16.1. The normalized spacial score (nSPS) is 15.8. The second-order valence-corrected chi connectivity index (χ2v) is 7.10. The molecule has 0 radical (unpaired) electrons. The van der Waals surface area contributed by atoms with E-state index in [1.165, 1.54) is 50.1 Å². The van der Waals surface area contributed by atoms with Gasteiger partial charge in [0.05, 0.1) is 13.2 Å². The number of aromatic nitrogens is 2. The van der Waals surface area contributed by atoms with E-state index in [2.05, 4.69) is 38.0 Å². The van der Waals surface area contributed by atoms with Crippen molar-refractivity contribution in [3.63, 3.8) is 0 Å². The molecule has 0 bridgehead atoms. The first-order valence-corrected chi connectivity index (χ1v) is 9.60. The van der Waals surface area contributed by atoms with Crippen molar-refractivity contribution >= 4 is 42.9 Å². The molecule has 8 heteroatoms. The van der Waals surface area contributed by atoms with Gasteiger partial charge in [0.15, 0.2) is 0 Å². The summed E-state index contributed by atoms with van der Waals surface area (Å²) in [5.74, 6) is 2.03. The van der Waals surface area contributed by atoms with Crippen LogP contribution < -0.4 is 9.64 Å². The lowest BCUT2D eigenvalue weighted by molar-refractivity contribution is 0.205. The Bertz CT molecular complexity index is 678. The van der Waals surface area contributed by atoms with Crippen LogP contribution in [0.5, 0.6) is 5.75 Å². The van der Waals surface area contributed by atoms with Crippen molar-refractivity contribution in [3.05, 3.63) is 42.0 Å². The van der Waals surface area contributed by atoms with Gasteiger partial charge in [-0.25, -0.2) is 4.98 Å². The van der Waals surface area contributed by atoms with Crippen LogP contribution in [0, 0.1) is 0 Å². The van der Waals surface area contributed by atoms with Crippen LogP contribution in [0.3, 0.4) is 0 Å². The fourth-order valence-corrected chi connectivity index (χ4v) is 3.93. The highest BCUT2D eigenvalue weighted by Gasteiger charge is 2.20. The van der Waals surface area contributed by atoms with Crippen LogP contribution in [0.25, 0.3) is 0 Å². The summed E-state index contributed by atoms with van der Waals surface area (Å²) in [7, 11) is 0. The van der Waals surface area contributed by atoms with Gasteiger partial charge < -0.3 is 19.5 Å². The number of likely N-dealkylation sites (tertiary alicyclic amines) is 1. The number of piperidine rings is 1. The highest BCUT2D eigenvalue weighted by atomic mass is 35.5. The van der Waals surface area contributed by atoms with Gasteiger partial charge >= 0.3 is 0 Å². The van der Waals surface area contributed by atoms with E-state index in [1.807, 2.05) is 12.4 Å². The molecule has 1 saturated heterocycles. The average Bonchev–Trinajstić information content (AvgIpc) is 3.30. The Labute approximate surface area is 186 Å². The lowest BCUT2D eigenvalue weighted by atomic mass is 10.1. The summed E-state index contributed by atoms with van der Waals surface area (Å²) >= 11 is 0. The molecule has 0 unspecified atom stereocenters. The molecule has 1 N–H and O–H groups in total. The molecule has 2 aliphatic rings. The van der Waals surface area contributed by atoms with E-state index in [0.29, 0.717) is 0 Å². The highest BCUT2D eigenvalue weighted by Crippen LogP contribution is 2.32. The first kappa shape index (κ1) is 24.9. The first-order chi connectivity index (χ1) is 12.4. The minimum atomic E-state index is 0. The van der Waals surface area contributed by atoms with Crippen molar-refractivity contribution in [2.24, 2.45) is 0 Å². The molecule has 1 fully saturated rings. The van der Waals surface area contributed by atoms with Gasteiger partial charge in [-0.3, -0.25) is 0 Å². The summed E-state index contributed by atoms with van der Waals surface area (Å²) in [5, 5.41) is 0. The predicted octanol–water partition coefficient (Wildman–Crippen LogP) is 4.49. The van der Waals surface area contributed by atoms with E-state index >= 15 is 0 Å². The molecule has 28 heavy (non-hydrogen) atoms. The summed E-state index contributed by atoms with van der Waals surface area (Å²) in [6.07, 6.45) is 10.0. The number of hydrogen-bond acceptors (Lipinski definition) is 4. The van der Waals surface area contributed by atoms with Gasteiger partial charge in [0.2, 0.25) is 0 Å². The topological polar surface area (TPSA) is 44.4 Å². The molecule has 158 valence electrons. The van der Waals surface area contributed by atoms with Crippen molar-refractivity contribution in [2.45, 2.75) is 38.6 Å². The monoisotopic (exact) mass is 448 g/mol. The van der Waals surface area contributed by atoms with Gasteiger partial charge in [-0.05, 0) is 62.5 Å². The molecular formula is C20H31Cl3N4O. The van der Waals surface area contributed by atoms with Crippen LogP contribution in [-0.4, -0.2) is 47.7 Å². The number of nitrogens with zero attached hydrogens (tertiary/aromatic N) is 3. The number of anilines is 1. The molecule has 1 aromatic heterocycles. The van der Waals surface area contributed by atoms with E-state index in [1.54, 1.807) is 0 Å². The number of nitrogens with one attached hydrogen (secondary N) is 1. The Balaban J connectivity index is 0.00000131. The minimum Gasteiger partial charge on any atom is -0.494 e. The quantitative estimate of drug-likeness (QED) is 0.632. The molecule has 1 aromatic carbocycles. The third-order valence-corrected chi connectivity index (χ3v) is 5.27. The standard InChI is InChI=1S/C20H28N4O.3ClH/c1-2-10-23(11-3-1)12-4-14-25-18-5-6-19-17(15-18)7-13-24(19)16-20-21-8-9-22-20;;;/h5-6,8-9,15H,1-4,7,10-14,16H2,(H,21,22);3*1H. The number of ether oxygens (including phenoxy) is 1. The van der Waals surface area contributed by atoms with Crippen molar-refractivity contribution in [1.29, 1.82) is 0 Å². The third kappa shape index (κ3) is 6.45. The number of halogens is 3. The van der Waals surface area contributed by atoms with Gasteiger partial charge in [0, 0.05) is 31.2 Å². The van der Waals surface area contributed by atoms with Crippen LogP contribution in [0.1, 0.15) is 37.1 Å². The van der Waals surface area contributed by atoms with Crippen molar-refractivity contribution in [2.75, 3.05) is 37.7 Å². The maximum Gasteiger partial charge on any atom is 0.125 e. The second kappa shape index (κ2) is 12.4. The summed E-state index contributed by atoms with van der Waals surface area (Å²) in [4.78, 5) is 12.5. The van der Waals surface area contributed by atoms with E-state index in [0.717, 1.165) is 44.1 Å². The van der Waals surface area contributed by atoms with E-state index in [-0.39, 0.29) is 37.2 Å². The molecule has 0 amide bonds. The third-order valence-electron chi connectivity index (χ3n) is 5.27. The van der Waals surface area contributed by atoms with Crippen molar-refractivity contribution < 1.29 is 4.74 Å². The molecule has 2 aliphatic heterocycles. The Kier molecular flexibility index (Phi) is 11.1. The number of H-pyrrole nitrogens is 1. The molecule has 0 spiro atoms. The maximum absolute atomic E-state index is 6.00. The van der Waals surface area contributed by atoms with E-state index < -0.39 is 0 Å². The number of hydrogen-bond donors (Lipinski definition) is 1. The largest absolute Gasteiger partial charge is 0.494 e. The Hall–Kier alpha value is -1.14. The van der Waals surface area contributed by atoms with Gasteiger partial charge in [-0.1, -0.05) is 6.42 Å². The number of imidazole rings is 1. The molecule has 0 aliphatic carbocycles. The molecular weight excluding hydrogens is 419 g/mol. The Morgan fingerprint density at radius 1 is 1.04 bits per heavy atom. The molecule has 0 saturated carbocycles. The fourth-order valence-electron chi connectivity index (χ4n) is 3.93. The number of rotatable bonds is 7. The van der Waals surface area contributed by atoms with E-state index in [4.69, 9.17) is 4.74 Å². The molecule has 4 rings (SSSR count). The summed E-state index contributed by atoms with van der Waals surface area (Å²) in [6, 6.07) is 6.53. The van der Waals surface area contributed by atoms with Crippen LogP contribution in [0.15, 0.2) is 30.6 Å². The Morgan fingerprint density at radius 2 is 1.86 bits per heavy atom. The maximum atomic E-state index is 6.00. The summed E-state index contributed by atoms with van der Waals surface area (Å²) < 4.78 is 6.00. The summed E-state index contributed by atoms with van der Waals surface area (Å²) in [5.41, 5.74) is 2.71. The summed E-state index contributed by atoms with van der Waals surface area (Å²) in [6.45, 7) is 6.41. The van der Waals surface area contributed by atoms with Crippen LogP contribution >= 0.6 is 37.2 Å². The van der Waals surface area contributed by atoms with Gasteiger partial charge in [-0.2, -0.15) is 0 Å². The molecule has 3 heterocycles. The minimum absolute atomic E-state index is 0.